The van der Waals surface area contributed by atoms with Crippen molar-refractivity contribution >= 4 is 44.9 Å². The first-order valence-corrected chi connectivity index (χ1v) is 13.4. The number of rotatable bonds is 13. The fraction of sp³-hybridized carbons (Fsp3) is 0.333. The van der Waals surface area contributed by atoms with Crippen LogP contribution in [0.2, 0.25) is 0 Å². The first-order chi connectivity index (χ1) is 17.9. The Balaban J connectivity index is 1.72. The summed E-state index contributed by atoms with van der Waals surface area (Å²) in [6.45, 7) is 1.49. The number of halogens is 1. The van der Waals surface area contributed by atoms with Crippen LogP contribution in [-0.4, -0.2) is 69.3 Å². The van der Waals surface area contributed by atoms with Crippen molar-refractivity contribution in [1.29, 1.82) is 0 Å². The van der Waals surface area contributed by atoms with Crippen LogP contribution in [0.1, 0.15) is 10.4 Å². The molecule has 0 bridgehead atoms. The highest BCUT2D eigenvalue weighted by molar-refractivity contribution is 9.10. The van der Waals surface area contributed by atoms with Gasteiger partial charge in [-0.05, 0) is 59.8 Å². The van der Waals surface area contributed by atoms with Crippen molar-refractivity contribution < 1.29 is 23.8 Å². The molecule has 3 amide bonds. The molecule has 0 atom stereocenters. The summed E-state index contributed by atoms with van der Waals surface area (Å²) < 4.78 is 16.8. The molecule has 3 rings (SSSR count). The van der Waals surface area contributed by atoms with Gasteiger partial charge >= 0.3 is 6.03 Å². The number of urea groups is 1. The standard InChI is InChI=1S/C27H32BrN3O5S/c1-34-15-14-31(27(33)29-22-9-7-21(28)8-10-22)19-26(32)30(18-23-5-4-16-37-23)13-12-20-6-11-24(35-2)25(17-20)36-3/h4-11,16-17H,12-15,18-19H2,1-3H3,(H,29,33). The lowest BCUT2D eigenvalue weighted by Gasteiger charge is -2.27. The molecular weight excluding hydrogens is 558 g/mol. The third-order valence-corrected chi connectivity index (χ3v) is 7.06. The van der Waals surface area contributed by atoms with Crippen LogP contribution in [0.15, 0.2) is 64.5 Å². The number of thiophene rings is 1. The van der Waals surface area contributed by atoms with E-state index in [1.54, 1.807) is 49.7 Å². The van der Waals surface area contributed by atoms with Crippen LogP contribution in [-0.2, 0) is 22.5 Å². The predicted octanol–water partition coefficient (Wildman–Crippen LogP) is 5.28. The molecule has 0 fully saturated rings. The van der Waals surface area contributed by atoms with Crippen LogP contribution in [0.25, 0.3) is 0 Å². The van der Waals surface area contributed by atoms with E-state index in [-0.39, 0.29) is 25.0 Å². The number of carbonyl (C=O) groups is 2. The van der Waals surface area contributed by atoms with E-state index in [9.17, 15) is 9.59 Å². The molecule has 1 heterocycles. The molecule has 0 aliphatic heterocycles. The highest BCUT2D eigenvalue weighted by Crippen LogP contribution is 2.28. The highest BCUT2D eigenvalue weighted by Gasteiger charge is 2.22. The second-order valence-electron chi connectivity index (χ2n) is 8.19. The van der Waals surface area contributed by atoms with E-state index in [1.165, 1.54) is 4.90 Å². The maximum Gasteiger partial charge on any atom is 0.322 e. The topological polar surface area (TPSA) is 80.3 Å². The first kappa shape index (κ1) is 28.5. The lowest BCUT2D eigenvalue weighted by Crippen LogP contribution is -2.46. The van der Waals surface area contributed by atoms with E-state index < -0.39 is 0 Å². The molecule has 0 saturated heterocycles. The van der Waals surface area contributed by atoms with Crippen molar-refractivity contribution in [2.24, 2.45) is 0 Å². The minimum Gasteiger partial charge on any atom is -0.493 e. The molecule has 37 heavy (non-hydrogen) atoms. The summed E-state index contributed by atoms with van der Waals surface area (Å²) in [5.41, 5.74) is 1.66. The van der Waals surface area contributed by atoms with E-state index in [1.807, 2.05) is 47.8 Å². The highest BCUT2D eigenvalue weighted by atomic mass is 79.9. The molecule has 0 spiro atoms. The first-order valence-electron chi connectivity index (χ1n) is 11.7. The van der Waals surface area contributed by atoms with Crippen LogP contribution in [0, 0.1) is 0 Å². The Bertz CT molecular complexity index is 1140. The van der Waals surface area contributed by atoms with E-state index in [4.69, 9.17) is 14.2 Å². The number of nitrogens with one attached hydrogen (secondary N) is 1. The molecule has 0 unspecified atom stereocenters. The van der Waals surface area contributed by atoms with Gasteiger partial charge < -0.3 is 29.3 Å². The van der Waals surface area contributed by atoms with Crippen molar-refractivity contribution in [3.05, 3.63) is 74.9 Å². The van der Waals surface area contributed by atoms with Crippen molar-refractivity contribution in [2.75, 3.05) is 52.9 Å². The molecule has 10 heteroatoms. The average Bonchev–Trinajstić information content (AvgIpc) is 3.43. The molecule has 3 aromatic rings. The van der Waals surface area contributed by atoms with Gasteiger partial charge in [-0.25, -0.2) is 4.79 Å². The quantitative estimate of drug-likeness (QED) is 0.293. The molecule has 0 aliphatic carbocycles. The molecule has 1 N–H and O–H groups in total. The number of carbonyl (C=O) groups excluding carboxylic acids is 2. The number of amides is 3. The van der Waals surface area contributed by atoms with Crippen molar-refractivity contribution in [1.82, 2.24) is 9.80 Å². The van der Waals surface area contributed by atoms with Gasteiger partial charge in [0.25, 0.3) is 0 Å². The fourth-order valence-corrected chi connectivity index (χ4v) is 4.62. The zero-order chi connectivity index (χ0) is 26.6. The number of nitrogens with zero attached hydrogens (tertiary/aromatic N) is 2. The monoisotopic (exact) mass is 589 g/mol. The maximum atomic E-state index is 13.5. The van der Waals surface area contributed by atoms with Crippen LogP contribution in [0.4, 0.5) is 10.5 Å². The minimum absolute atomic E-state index is 0.0664. The van der Waals surface area contributed by atoms with E-state index in [2.05, 4.69) is 21.2 Å². The van der Waals surface area contributed by atoms with E-state index >= 15 is 0 Å². The summed E-state index contributed by atoms with van der Waals surface area (Å²) in [7, 11) is 4.77. The lowest BCUT2D eigenvalue weighted by atomic mass is 10.1. The Hall–Kier alpha value is -3.08. The Labute approximate surface area is 230 Å². The number of ether oxygens (including phenoxy) is 3. The van der Waals surface area contributed by atoms with Crippen molar-refractivity contribution in [3.8, 4) is 11.5 Å². The predicted molar refractivity (Wildman–Crippen MR) is 150 cm³/mol. The third kappa shape index (κ3) is 8.77. The van der Waals surface area contributed by atoms with Crippen LogP contribution in [0.5, 0.6) is 11.5 Å². The zero-order valence-corrected chi connectivity index (χ0v) is 23.6. The second kappa shape index (κ2) is 14.6. The number of benzene rings is 2. The number of hydrogen-bond acceptors (Lipinski definition) is 6. The van der Waals surface area contributed by atoms with Crippen molar-refractivity contribution in [2.45, 2.75) is 13.0 Å². The number of hydrogen-bond donors (Lipinski definition) is 1. The number of methoxy groups -OCH3 is 3. The Morgan fingerprint density at radius 2 is 1.70 bits per heavy atom. The molecule has 1 aromatic heterocycles. The third-order valence-electron chi connectivity index (χ3n) is 5.67. The molecule has 0 aliphatic rings. The molecule has 2 aromatic carbocycles. The van der Waals surface area contributed by atoms with Gasteiger partial charge in [-0.15, -0.1) is 11.3 Å². The Morgan fingerprint density at radius 1 is 0.946 bits per heavy atom. The van der Waals surface area contributed by atoms with Gasteiger partial charge in [-0.3, -0.25) is 4.79 Å². The average molecular weight is 591 g/mol. The summed E-state index contributed by atoms with van der Waals surface area (Å²) in [5.74, 6) is 1.16. The van der Waals surface area contributed by atoms with Gasteiger partial charge in [0.2, 0.25) is 5.91 Å². The molecule has 0 radical (unpaired) electrons. The summed E-state index contributed by atoms with van der Waals surface area (Å²) in [6, 6.07) is 16.6. The normalized spacial score (nSPS) is 10.6. The summed E-state index contributed by atoms with van der Waals surface area (Å²) in [4.78, 5) is 30.9. The summed E-state index contributed by atoms with van der Waals surface area (Å²) in [6.07, 6.45) is 0.626. The molecule has 198 valence electrons. The maximum absolute atomic E-state index is 13.5. The SMILES string of the molecule is COCCN(CC(=O)N(CCc1ccc(OC)c(OC)c1)Cc1cccs1)C(=O)Nc1ccc(Br)cc1. The lowest BCUT2D eigenvalue weighted by molar-refractivity contribution is -0.132. The van der Waals surface area contributed by atoms with Gasteiger partial charge in [0.05, 0.1) is 27.4 Å². The van der Waals surface area contributed by atoms with Crippen molar-refractivity contribution in [3.63, 3.8) is 0 Å². The minimum atomic E-state index is -0.358. The van der Waals surface area contributed by atoms with Gasteiger partial charge in [0.15, 0.2) is 11.5 Å². The Kier molecular flexibility index (Phi) is 11.2. The van der Waals surface area contributed by atoms with Gasteiger partial charge in [-0.1, -0.05) is 28.1 Å². The van der Waals surface area contributed by atoms with Gasteiger partial charge in [0, 0.05) is 35.2 Å². The number of anilines is 1. The molecule has 0 saturated carbocycles. The van der Waals surface area contributed by atoms with Crippen LogP contribution in [0.3, 0.4) is 0 Å². The summed E-state index contributed by atoms with van der Waals surface area (Å²) in [5, 5.41) is 4.85. The van der Waals surface area contributed by atoms with Crippen LogP contribution < -0.4 is 14.8 Å². The fourth-order valence-electron chi connectivity index (χ4n) is 3.64. The second-order valence-corrected chi connectivity index (χ2v) is 10.1. The van der Waals surface area contributed by atoms with E-state index in [0.717, 1.165) is 14.9 Å². The smallest absolute Gasteiger partial charge is 0.322 e. The largest absolute Gasteiger partial charge is 0.493 e. The van der Waals surface area contributed by atoms with Crippen LogP contribution >= 0.6 is 27.3 Å². The van der Waals surface area contributed by atoms with E-state index in [0.29, 0.717) is 43.3 Å². The zero-order valence-electron chi connectivity index (χ0n) is 21.2. The Morgan fingerprint density at radius 3 is 2.35 bits per heavy atom. The molecular formula is C27H32BrN3O5S. The summed E-state index contributed by atoms with van der Waals surface area (Å²) >= 11 is 4.99. The van der Waals surface area contributed by atoms with Gasteiger partial charge in [0.1, 0.15) is 6.54 Å². The van der Waals surface area contributed by atoms with Gasteiger partial charge in [-0.2, -0.15) is 0 Å². The molecule has 8 nitrogen and oxygen atoms in total.